The summed E-state index contributed by atoms with van der Waals surface area (Å²) >= 11 is 0. The zero-order chi connectivity index (χ0) is 16.7. The Balaban J connectivity index is 2.01. The first-order chi connectivity index (χ1) is 11.1. The van der Waals surface area contributed by atoms with Crippen molar-refractivity contribution in [1.82, 2.24) is 4.72 Å². The Morgan fingerprint density at radius 3 is 2.83 bits per heavy atom. The van der Waals surface area contributed by atoms with Gasteiger partial charge in [-0.05, 0) is 31.4 Å². The van der Waals surface area contributed by atoms with E-state index in [2.05, 4.69) is 15.7 Å². The highest BCUT2D eigenvalue weighted by molar-refractivity contribution is 7.89. The SMILES string of the molecule is N#CCCCS(=O)(=O)NC1CCCN(c2ccccc2C#N)C1. The number of unbranched alkanes of at least 4 members (excludes halogenated alkanes) is 1. The molecule has 6 nitrogen and oxygen atoms in total. The largest absolute Gasteiger partial charge is 0.369 e. The number of sulfonamides is 1. The molecule has 1 saturated heterocycles. The van der Waals surface area contributed by atoms with E-state index in [1.165, 1.54) is 0 Å². The van der Waals surface area contributed by atoms with E-state index >= 15 is 0 Å². The lowest BCUT2D eigenvalue weighted by molar-refractivity contribution is 0.465. The first kappa shape index (κ1) is 17.3. The monoisotopic (exact) mass is 332 g/mol. The van der Waals surface area contributed by atoms with Gasteiger partial charge in [-0.25, -0.2) is 13.1 Å². The Morgan fingerprint density at radius 1 is 1.30 bits per heavy atom. The highest BCUT2D eigenvalue weighted by Crippen LogP contribution is 2.23. The molecule has 2 rings (SSSR count). The average molecular weight is 332 g/mol. The van der Waals surface area contributed by atoms with Gasteiger partial charge in [-0.15, -0.1) is 0 Å². The second kappa shape index (κ2) is 7.96. The Hall–Kier alpha value is -2.09. The zero-order valence-corrected chi connectivity index (χ0v) is 13.7. The molecule has 0 aromatic heterocycles. The number of nitrogens with zero attached hydrogens (tertiary/aromatic N) is 3. The Kier molecular flexibility index (Phi) is 5.97. The molecule has 1 heterocycles. The second-order valence-electron chi connectivity index (χ2n) is 5.61. The number of rotatable bonds is 6. The van der Waals surface area contributed by atoms with E-state index in [0.717, 1.165) is 25.1 Å². The molecule has 0 spiro atoms. The lowest BCUT2D eigenvalue weighted by Crippen LogP contribution is -2.48. The molecular formula is C16H20N4O2S. The summed E-state index contributed by atoms with van der Waals surface area (Å²) in [5.41, 5.74) is 1.45. The summed E-state index contributed by atoms with van der Waals surface area (Å²) in [7, 11) is -3.37. The highest BCUT2D eigenvalue weighted by atomic mass is 32.2. The standard InChI is InChI=1S/C16H20N4O2S/c17-9-3-4-11-23(21,22)19-15-7-5-10-20(13-15)16-8-2-1-6-14(16)12-18/h1-2,6,8,15,19H,3-5,7,10-11,13H2. The molecule has 122 valence electrons. The van der Waals surface area contributed by atoms with Crippen molar-refractivity contribution in [2.45, 2.75) is 31.7 Å². The van der Waals surface area contributed by atoms with Crippen molar-refractivity contribution in [3.05, 3.63) is 29.8 Å². The predicted molar refractivity (Wildman–Crippen MR) is 88.2 cm³/mol. The number of piperidine rings is 1. The maximum absolute atomic E-state index is 12.0. The molecule has 1 N–H and O–H groups in total. The van der Waals surface area contributed by atoms with Gasteiger partial charge in [-0.2, -0.15) is 10.5 Å². The number of benzene rings is 1. The van der Waals surface area contributed by atoms with Gasteiger partial charge in [-0.3, -0.25) is 0 Å². The number of nitrogens with one attached hydrogen (secondary N) is 1. The smallest absolute Gasteiger partial charge is 0.211 e. The predicted octanol–water partition coefficient (Wildman–Crippen LogP) is 1.75. The van der Waals surface area contributed by atoms with E-state index in [0.29, 0.717) is 18.5 Å². The van der Waals surface area contributed by atoms with Crippen molar-refractivity contribution >= 4 is 15.7 Å². The fourth-order valence-electron chi connectivity index (χ4n) is 2.79. The van der Waals surface area contributed by atoms with Crippen LogP contribution in [0.25, 0.3) is 0 Å². The normalized spacial score (nSPS) is 18.2. The average Bonchev–Trinajstić information content (AvgIpc) is 2.54. The van der Waals surface area contributed by atoms with Crippen LogP contribution in [0.4, 0.5) is 5.69 Å². The fraction of sp³-hybridized carbons (Fsp3) is 0.500. The molecule has 0 bridgehead atoms. The summed E-state index contributed by atoms with van der Waals surface area (Å²) in [6, 6.07) is 11.3. The summed E-state index contributed by atoms with van der Waals surface area (Å²) in [6.07, 6.45) is 2.24. The lowest BCUT2D eigenvalue weighted by atomic mass is 10.0. The highest BCUT2D eigenvalue weighted by Gasteiger charge is 2.25. The number of para-hydroxylation sites is 1. The molecule has 1 atom stereocenters. The van der Waals surface area contributed by atoms with Gasteiger partial charge < -0.3 is 4.90 Å². The summed E-state index contributed by atoms with van der Waals surface area (Å²) < 4.78 is 26.8. The minimum absolute atomic E-state index is 0.0220. The second-order valence-corrected chi connectivity index (χ2v) is 7.49. The Morgan fingerprint density at radius 2 is 2.09 bits per heavy atom. The van der Waals surface area contributed by atoms with Gasteiger partial charge >= 0.3 is 0 Å². The number of anilines is 1. The Labute approximate surface area is 137 Å². The molecule has 0 saturated carbocycles. The molecule has 1 aromatic rings. The van der Waals surface area contributed by atoms with Crippen LogP contribution in [0.5, 0.6) is 0 Å². The fourth-order valence-corrected chi connectivity index (χ4v) is 4.13. The Bertz CT molecular complexity index is 718. The molecule has 0 amide bonds. The van der Waals surface area contributed by atoms with Crippen LogP contribution in [0.3, 0.4) is 0 Å². The number of hydrogen-bond acceptors (Lipinski definition) is 5. The number of nitriles is 2. The van der Waals surface area contributed by atoms with E-state index in [-0.39, 0.29) is 18.2 Å². The van der Waals surface area contributed by atoms with Crippen molar-refractivity contribution < 1.29 is 8.42 Å². The number of hydrogen-bond donors (Lipinski definition) is 1. The van der Waals surface area contributed by atoms with Crippen molar-refractivity contribution in [2.24, 2.45) is 0 Å². The summed E-state index contributed by atoms with van der Waals surface area (Å²) in [5, 5.41) is 17.7. The van der Waals surface area contributed by atoms with Crippen molar-refractivity contribution in [1.29, 1.82) is 10.5 Å². The van der Waals surface area contributed by atoms with Crippen LogP contribution in [0, 0.1) is 22.7 Å². The third-order valence-electron chi connectivity index (χ3n) is 3.83. The minimum Gasteiger partial charge on any atom is -0.369 e. The molecule has 0 radical (unpaired) electrons. The van der Waals surface area contributed by atoms with Gasteiger partial charge in [0.2, 0.25) is 10.0 Å². The molecule has 1 aromatic carbocycles. The summed E-state index contributed by atoms with van der Waals surface area (Å²) in [5.74, 6) is -0.0220. The third kappa shape index (κ3) is 4.95. The van der Waals surface area contributed by atoms with E-state index in [4.69, 9.17) is 5.26 Å². The zero-order valence-electron chi connectivity index (χ0n) is 12.9. The van der Waals surface area contributed by atoms with E-state index < -0.39 is 10.0 Å². The topological polar surface area (TPSA) is 97.0 Å². The van der Waals surface area contributed by atoms with Crippen LogP contribution >= 0.6 is 0 Å². The lowest BCUT2D eigenvalue weighted by Gasteiger charge is -2.35. The molecule has 1 aliphatic rings. The molecule has 1 aliphatic heterocycles. The van der Waals surface area contributed by atoms with Crippen LogP contribution < -0.4 is 9.62 Å². The van der Waals surface area contributed by atoms with E-state index in [1.807, 2.05) is 24.3 Å². The van der Waals surface area contributed by atoms with Crippen molar-refractivity contribution in [3.63, 3.8) is 0 Å². The molecule has 7 heteroatoms. The van der Waals surface area contributed by atoms with Crippen LogP contribution in [0.15, 0.2) is 24.3 Å². The first-order valence-electron chi connectivity index (χ1n) is 7.67. The first-order valence-corrected chi connectivity index (χ1v) is 9.32. The third-order valence-corrected chi connectivity index (χ3v) is 5.35. The van der Waals surface area contributed by atoms with Gasteiger partial charge in [0.15, 0.2) is 0 Å². The summed E-state index contributed by atoms with van der Waals surface area (Å²) in [4.78, 5) is 2.06. The molecule has 1 unspecified atom stereocenters. The molecular weight excluding hydrogens is 312 g/mol. The van der Waals surface area contributed by atoms with Gasteiger partial charge in [0.1, 0.15) is 6.07 Å². The molecule has 0 aliphatic carbocycles. The maximum atomic E-state index is 12.0. The maximum Gasteiger partial charge on any atom is 0.211 e. The van der Waals surface area contributed by atoms with E-state index in [1.54, 1.807) is 6.07 Å². The van der Waals surface area contributed by atoms with E-state index in [9.17, 15) is 13.7 Å². The molecule has 1 fully saturated rings. The molecule has 23 heavy (non-hydrogen) atoms. The minimum atomic E-state index is -3.37. The van der Waals surface area contributed by atoms with Crippen molar-refractivity contribution in [2.75, 3.05) is 23.7 Å². The van der Waals surface area contributed by atoms with Crippen LogP contribution in [-0.2, 0) is 10.0 Å². The van der Waals surface area contributed by atoms with Crippen LogP contribution in [0.1, 0.15) is 31.2 Å². The van der Waals surface area contributed by atoms with Gasteiger partial charge in [0, 0.05) is 25.6 Å². The van der Waals surface area contributed by atoms with Gasteiger partial charge in [-0.1, -0.05) is 12.1 Å². The summed E-state index contributed by atoms with van der Waals surface area (Å²) in [6.45, 7) is 1.36. The van der Waals surface area contributed by atoms with Crippen molar-refractivity contribution in [3.8, 4) is 12.1 Å². The van der Waals surface area contributed by atoms with Crippen LogP contribution in [0.2, 0.25) is 0 Å². The van der Waals surface area contributed by atoms with Gasteiger partial charge in [0.25, 0.3) is 0 Å². The van der Waals surface area contributed by atoms with Crippen LogP contribution in [-0.4, -0.2) is 33.3 Å². The van der Waals surface area contributed by atoms with Gasteiger partial charge in [0.05, 0.1) is 23.1 Å². The quantitative estimate of drug-likeness (QED) is 0.800.